The Bertz CT molecular complexity index is 554. The molecule has 0 aliphatic heterocycles. The van der Waals surface area contributed by atoms with E-state index in [9.17, 15) is 10.2 Å². The van der Waals surface area contributed by atoms with Gasteiger partial charge in [0.15, 0.2) is 0 Å². The van der Waals surface area contributed by atoms with Gasteiger partial charge in [-0.3, -0.25) is 0 Å². The summed E-state index contributed by atoms with van der Waals surface area (Å²) in [5.74, 6) is -0.408. The predicted molar refractivity (Wildman–Crippen MR) is 56.2 cm³/mol. The van der Waals surface area contributed by atoms with Crippen molar-refractivity contribution in [1.29, 1.82) is 0 Å². The van der Waals surface area contributed by atoms with Gasteiger partial charge in [0.2, 0.25) is 0 Å². The molecule has 2 N–H and O–H groups in total. The van der Waals surface area contributed by atoms with Crippen LogP contribution in [0.15, 0.2) is 22.4 Å². The summed E-state index contributed by atoms with van der Waals surface area (Å²) in [7, 11) is 0. The van der Waals surface area contributed by atoms with Gasteiger partial charge in [0.1, 0.15) is 11.5 Å². The number of nitrogens with zero attached hydrogens (tertiary/aromatic N) is 6. The summed E-state index contributed by atoms with van der Waals surface area (Å²) < 4.78 is 0. The molecule has 0 aromatic heterocycles. The highest BCUT2D eigenvalue weighted by atomic mass is 16.3. The summed E-state index contributed by atoms with van der Waals surface area (Å²) in [6.45, 7) is 0. The predicted octanol–water partition coefficient (Wildman–Crippen LogP) is 1.19. The third kappa shape index (κ3) is 2.58. The Labute approximate surface area is 88.6 Å². The number of hydrogen-bond acceptors (Lipinski definition) is 4. The molecule has 0 heterocycles. The molecular formula is C8H6N6O2. The van der Waals surface area contributed by atoms with Crippen LogP contribution in [0.3, 0.4) is 0 Å². The highest BCUT2D eigenvalue weighted by Crippen LogP contribution is 2.03. The van der Waals surface area contributed by atoms with E-state index in [1.54, 1.807) is 0 Å². The topological polar surface area (TPSA) is 138 Å². The lowest BCUT2D eigenvalue weighted by atomic mass is 10.2. The molecule has 1 aromatic carbocycles. The van der Waals surface area contributed by atoms with E-state index in [2.05, 4.69) is 20.1 Å². The maximum Gasteiger partial charge on any atom is 0.123 e. The van der Waals surface area contributed by atoms with E-state index in [0.717, 1.165) is 12.4 Å². The van der Waals surface area contributed by atoms with Gasteiger partial charge in [-0.15, -0.1) is 0 Å². The van der Waals surface area contributed by atoms with E-state index >= 15 is 0 Å². The summed E-state index contributed by atoms with van der Waals surface area (Å²) in [4.78, 5) is 4.95. The van der Waals surface area contributed by atoms with Gasteiger partial charge >= 0.3 is 0 Å². The third-order valence-electron chi connectivity index (χ3n) is 1.67. The number of phenols is 2. The molecule has 0 radical (unpaired) electrons. The van der Waals surface area contributed by atoms with Gasteiger partial charge < -0.3 is 10.2 Å². The molecular weight excluding hydrogens is 212 g/mol. The molecule has 0 amide bonds. The lowest BCUT2D eigenvalue weighted by Crippen LogP contribution is -2.08. The minimum absolute atomic E-state index is 0.161. The molecule has 0 saturated carbocycles. The Morgan fingerprint density at radius 3 is 1.62 bits per heavy atom. The smallest absolute Gasteiger partial charge is 0.123 e. The van der Waals surface area contributed by atoms with Crippen LogP contribution in [0.5, 0.6) is 11.5 Å². The molecule has 80 valence electrons. The van der Waals surface area contributed by atoms with Gasteiger partial charge in [0.25, 0.3) is 0 Å². The Morgan fingerprint density at radius 1 is 0.938 bits per heavy atom. The van der Waals surface area contributed by atoms with Crippen LogP contribution < -0.4 is 10.4 Å². The van der Waals surface area contributed by atoms with E-state index in [1.807, 2.05) is 0 Å². The van der Waals surface area contributed by atoms with E-state index in [0.29, 0.717) is 0 Å². The van der Waals surface area contributed by atoms with Crippen LogP contribution in [0.25, 0.3) is 33.3 Å². The Balaban J connectivity index is 3.49. The molecule has 8 heteroatoms. The summed E-state index contributed by atoms with van der Waals surface area (Å²) in [6.07, 6.45) is 2.10. The van der Waals surface area contributed by atoms with E-state index in [1.165, 1.54) is 12.1 Å². The van der Waals surface area contributed by atoms with Crippen molar-refractivity contribution < 1.29 is 10.2 Å². The van der Waals surface area contributed by atoms with Crippen LogP contribution in [0.4, 0.5) is 0 Å². The summed E-state index contributed by atoms with van der Waals surface area (Å²) in [6, 6.07) is 2.37. The Kier molecular flexibility index (Phi) is 3.63. The second-order valence-corrected chi connectivity index (χ2v) is 2.64. The van der Waals surface area contributed by atoms with Crippen LogP contribution in [0.2, 0.25) is 0 Å². The van der Waals surface area contributed by atoms with Crippen molar-refractivity contribution in [2.24, 2.45) is 10.2 Å². The fourth-order valence-corrected chi connectivity index (χ4v) is 0.992. The summed E-state index contributed by atoms with van der Waals surface area (Å²) in [5, 5.41) is 25.5. The van der Waals surface area contributed by atoms with Crippen molar-refractivity contribution in [2.45, 2.75) is 0 Å². The van der Waals surface area contributed by atoms with Crippen molar-refractivity contribution in [3.05, 3.63) is 43.5 Å². The molecule has 8 nitrogen and oxygen atoms in total. The first-order valence-corrected chi connectivity index (χ1v) is 4.00. The quantitative estimate of drug-likeness (QED) is 0.333. The number of benzene rings is 1. The van der Waals surface area contributed by atoms with Crippen LogP contribution in [0, 0.1) is 0 Å². The van der Waals surface area contributed by atoms with Crippen molar-refractivity contribution in [2.75, 3.05) is 0 Å². The minimum atomic E-state index is -0.204. The van der Waals surface area contributed by atoms with Gasteiger partial charge in [-0.25, -0.2) is 0 Å². The normalized spacial score (nSPS) is 11.8. The molecule has 0 aliphatic carbocycles. The van der Waals surface area contributed by atoms with Gasteiger partial charge in [-0.1, -0.05) is 10.2 Å². The maximum absolute atomic E-state index is 9.46. The molecule has 0 fully saturated rings. The minimum Gasteiger partial charge on any atom is -0.507 e. The average Bonchev–Trinajstić information content (AvgIpc) is 2.28. The molecule has 1 rings (SSSR count). The number of azide groups is 2. The monoisotopic (exact) mass is 218 g/mol. The van der Waals surface area contributed by atoms with Crippen molar-refractivity contribution in [1.82, 2.24) is 0 Å². The van der Waals surface area contributed by atoms with Crippen molar-refractivity contribution in [3.63, 3.8) is 0 Å². The first kappa shape index (κ1) is 11.3. The molecule has 0 spiro atoms. The van der Waals surface area contributed by atoms with Crippen LogP contribution in [-0.4, -0.2) is 10.2 Å². The van der Waals surface area contributed by atoms with Gasteiger partial charge in [-0.2, -0.15) is 0 Å². The maximum atomic E-state index is 9.46. The second-order valence-electron chi connectivity index (χ2n) is 2.64. The summed E-state index contributed by atoms with van der Waals surface area (Å²) in [5.41, 5.74) is 16.2. The SMILES string of the molecule is [N-]=[N+]=N/C=c1/cc(O)/c(=C/N=[N+]=[N-])cc1O. The zero-order chi connectivity index (χ0) is 12.0. The molecule has 16 heavy (non-hydrogen) atoms. The number of hydrogen-bond donors (Lipinski definition) is 2. The highest BCUT2D eigenvalue weighted by molar-refractivity contribution is 5.42. The first-order valence-electron chi connectivity index (χ1n) is 4.00. The van der Waals surface area contributed by atoms with Gasteiger partial charge in [0.05, 0.1) is 0 Å². The van der Waals surface area contributed by atoms with Crippen LogP contribution in [-0.2, 0) is 0 Å². The van der Waals surface area contributed by atoms with E-state index in [-0.39, 0.29) is 21.9 Å². The molecule has 0 bridgehead atoms. The zero-order valence-electron chi connectivity index (χ0n) is 7.89. The fraction of sp³-hybridized carbons (Fsp3) is 0. The number of rotatable bonds is 2. The summed E-state index contributed by atoms with van der Waals surface area (Å²) >= 11 is 0. The van der Waals surface area contributed by atoms with Crippen molar-refractivity contribution >= 4 is 12.4 Å². The van der Waals surface area contributed by atoms with E-state index < -0.39 is 0 Å². The van der Waals surface area contributed by atoms with Crippen LogP contribution >= 0.6 is 0 Å². The standard InChI is InChI=1S/C8H6N6O2/c9-13-11-3-5-1-7(15)6(2-8(5)16)4-12-14-10/h1-4,15-16H/b5-3-,6-4+. The third-order valence-corrected chi connectivity index (χ3v) is 1.67. The molecule has 0 saturated heterocycles. The largest absolute Gasteiger partial charge is 0.507 e. The molecule has 0 unspecified atom stereocenters. The lowest BCUT2D eigenvalue weighted by molar-refractivity contribution is 0.453. The number of aromatic hydroxyl groups is 2. The van der Waals surface area contributed by atoms with Gasteiger partial charge in [-0.05, 0) is 23.2 Å². The molecule has 1 aromatic rings. The molecule has 0 aliphatic rings. The Hall–Kier alpha value is -2.82. The average molecular weight is 218 g/mol. The Morgan fingerprint density at radius 2 is 1.31 bits per heavy atom. The van der Waals surface area contributed by atoms with Crippen molar-refractivity contribution in [3.8, 4) is 11.5 Å². The highest BCUT2D eigenvalue weighted by Gasteiger charge is 1.96. The lowest BCUT2D eigenvalue weighted by Gasteiger charge is -1.96. The molecule has 0 atom stereocenters. The zero-order valence-corrected chi connectivity index (χ0v) is 7.89. The first-order chi connectivity index (χ1) is 7.69. The number of phenolic OH excluding ortho intramolecular Hbond substituents is 2. The fourth-order valence-electron chi connectivity index (χ4n) is 0.992. The van der Waals surface area contributed by atoms with Crippen LogP contribution in [0.1, 0.15) is 0 Å². The van der Waals surface area contributed by atoms with E-state index in [4.69, 9.17) is 11.1 Å². The second kappa shape index (κ2) is 5.16. The van der Waals surface area contributed by atoms with Gasteiger partial charge in [0, 0.05) is 32.7 Å².